The zero-order valence-corrected chi connectivity index (χ0v) is 20.5. The van der Waals surface area contributed by atoms with Crippen molar-refractivity contribution in [3.8, 4) is 28.3 Å². The van der Waals surface area contributed by atoms with Crippen molar-refractivity contribution in [2.24, 2.45) is 0 Å². The van der Waals surface area contributed by atoms with Crippen LogP contribution in [0.5, 0.6) is 5.75 Å². The zero-order valence-electron chi connectivity index (χ0n) is 19.7. The van der Waals surface area contributed by atoms with Crippen LogP contribution in [0.3, 0.4) is 0 Å². The first-order valence-electron chi connectivity index (χ1n) is 11.0. The van der Waals surface area contributed by atoms with Crippen molar-refractivity contribution in [3.63, 3.8) is 0 Å². The van der Waals surface area contributed by atoms with Crippen molar-refractivity contribution in [1.82, 2.24) is 14.5 Å². The van der Waals surface area contributed by atoms with Gasteiger partial charge in [0.25, 0.3) is 0 Å². The first kappa shape index (κ1) is 24.2. The van der Waals surface area contributed by atoms with Crippen LogP contribution in [0.25, 0.3) is 28.6 Å². The molecule has 0 fully saturated rings. The molecule has 35 heavy (non-hydrogen) atoms. The predicted octanol–water partition coefficient (Wildman–Crippen LogP) is 6.15. The van der Waals surface area contributed by atoms with Gasteiger partial charge in [0.15, 0.2) is 5.16 Å². The molecule has 6 nitrogen and oxygen atoms in total. The molecule has 0 bridgehead atoms. The van der Waals surface area contributed by atoms with Crippen LogP contribution in [0.15, 0.2) is 78.1 Å². The molecule has 8 heteroatoms. The second-order valence-corrected chi connectivity index (χ2v) is 8.35. The fourth-order valence-corrected chi connectivity index (χ4v) is 4.31. The number of amides is 1. The number of pyridine rings is 1. The van der Waals surface area contributed by atoms with E-state index < -0.39 is 0 Å². The molecule has 178 valence electrons. The maximum Gasteiger partial charge on any atom is 0.249 e. The van der Waals surface area contributed by atoms with E-state index in [1.807, 2.05) is 49.6 Å². The molecular formula is C27H25FN4O2S. The van der Waals surface area contributed by atoms with Crippen molar-refractivity contribution in [2.75, 3.05) is 18.7 Å². The standard InChI is InChI=1S/C27H25FN4O2S/c1-4-32-26(25(31-27(32)35-3)19-8-10-21(28)11-9-19)20-15-16-29-23(17-20)30-24(33)14-7-18-5-12-22(34-2)13-6-18/h5-17H,4H2,1-3H3,(H,29,30,33)/b14-7+. The zero-order chi connectivity index (χ0) is 24.8. The average molecular weight is 489 g/mol. The number of carbonyl (C=O) groups is 1. The van der Waals surface area contributed by atoms with Crippen LogP contribution < -0.4 is 10.1 Å². The number of anilines is 1. The van der Waals surface area contributed by atoms with Gasteiger partial charge in [-0.15, -0.1) is 0 Å². The quantitative estimate of drug-likeness (QED) is 0.238. The first-order valence-corrected chi connectivity index (χ1v) is 12.2. The third-order valence-corrected chi connectivity index (χ3v) is 6.05. The van der Waals surface area contributed by atoms with E-state index in [1.54, 1.807) is 43.3 Å². The molecule has 1 amide bonds. The Hall–Kier alpha value is -3.91. The van der Waals surface area contributed by atoms with Gasteiger partial charge in [0.1, 0.15) is 17.4 Å². The lowest BCUT2D eigenvalue weighted by molar-refractivity contribution is -0.111. The molecule has 0 atom stereocenters. The molecule has 0 saturated carbocycles. The molecule has 0 aliphatic rings. The van der Waals surface area contributed by atoms with Gasteiger partial charge >= 0.3 is 0 Å². The third kappa shape index (κ3) is 5.60. The van der Waals surface area contributed by atoms with Gasteiger partial charge in [-0.3, -0.25) is 4.79 Å². The van der Waals surface area contributed by atoms with Crippen molar-refractivity contribution < 1.29 is 13.9 Å². The number of ether oxygens (including phenoxy) is 1. The van der Waals surface area contributed by atoms with E-state index >= 15 is 0 Å². The van der Waals surface area contributed by atoms with Crippen LogP contribution in [0.2, 0.25) is 0 Å². The molecule has 4 rings (SSSR count). The average Bonchev–Trinajstić information content (AvgIpc) is 3.27. The van der Waals surface area contributed by atoms with Crippen molar-refractivity contribution in [2.45, 2.75) is 18.6 Å². The van der Waals surface area contributed by atoms with Gasteiger partial charge < -0.3 is 14.6 Å². The summed E-state index contributed by atoms with van der Waals surface area (Å²) >= 11 is 1.54. The predicted molar refractivity (Wildman–Crippen MR) is 139 cm³/mol. The van der Waals surface area contributed by atoms with E-state index in [0.29, 0.717) is 12.4 Å². The molecule has 0 aliphatic heterocycles. The number of nitrogens with zero attached hydrogens (tertiary/aromatic N) is 3. The van der Waals surface area contributed by atoms with Crippen LogP contribution in [-0.4, -0.2) is 33.8 Å². The number of benzene rings is 2. The Morgan fingerprint density at radius 3 is 2.51 bits per heavy atom. The topological polar surface area (TPSA) is 69.0 Å². The Morgan fingerprint density at radius 2 is 1.86 bits per heavy atom. The molecule has 0 unspecified atom stereocenters. The Bertz CT molecular complexity index is 1350. The van der Waals surface area contributed by atoms with E-state index in [2.05, 4.69) is 14.9 Å². The minimum absolute atomic E-state index is 0.293. The second-order valence-electron chi connectivity index (χ2n) is 7.57. The summed E-state index contributed by atoms with van der Waals surface area (Å²) in [6.07, 6.45) is 6.81. The Kier molecular flexibility index (Phi) is 7.62. The largest absolute Gasteiger partial charge is 0.497 e. The highest BCUT2D eigenvalue weighted by atomic mass is 32.2. The molecule has 0 radical (unpaired) electrons. The lowest BCUT2D eigenvalue weighted by Crippen LogP contribution is -2.09. The van der Waals surface area contributed by atoms with Gasteiger partial charge in [-0.05, 0) is 73.3 Å². The molecule has 2 aromatic carbocycles. The number of halogens is 1. The van der Waals surface area contributed by atoms with Gasteiger partial charge in [-0.25, -0.2) is 14.4 Å². The molecule has 2 aromatic heterocycles. The van der Waals surface area contributed by atoms with Crippen LogP contribution in [0.4, 0.5) is 10.2 Å². The summed E-state index contributed by atoms with van der Waals surface area (Å²) in [5.74, 6) is 0.583. The number of carbonyl (C=O) groups excluding carboxylic acids is 1. The second kappa shape index (κ2) is 11.0. The van der Waals surface area contributed by atoms with Crippen molar-refractivity contribution >= 4 is 29.6 Å². The molecule has 0 saturated heterocycles. The first-order chi connectivity index (χ1) is 17.0. The fraction of sp³-hybridized carbons (Fsp3) is 0.148. The minimum atomic E-state index is -0.299. The summed E-state index contributed by atoms with van der Waals surface area (Å²) in [6.45, 7) is 2.75. The Labute approximate surface area is 207 Å². The number of hydrogen-bond donors (Lipinski definition) is 1. The van der Waals surface area contributed by atoms with Crippen molar-refractivity contribution in [3.05, 3.63) is 84.3 Å². The normalized spacial score (nSPS) is 11.1. The summed E-state index contributed by atoms with van der Waals surface area (Å²) in [4.78, 5) is 21.7. The smallest absolute Gasteiger partial charge is 0.249 e. The maximum atomic E-state index is 13.5. The molecular weight excluding hydrogens is 463 g/mol. The van der Waals surface area contributed by atoms with Crippen LogP contribution in [0, 0.1) is 5.82 Å². The third-order valence-electron chi connectivity index (χ3n) is 5.38. The summed E-state index contributed by atoms with van der Waals surface area (Å²) in [5.41, 5.74) is 4.18. The Morgan fingerprint density at radius 1 is 1.11 bits per heavy atom. The van der Waals surface area contributed by atoms with E-state index in [0.717, 1.165) is 39.0 Å². The molecule has 2 heterocycles. The Balaban J connectivity index is 1.63. The van der Waals surface area contributed by atoms with Gasteiger partial charge in [-0.1, -0.05) is 23.9 Å². The highest BCUT2D eigenvalue weighted by Gasteiger charge is 2.19. The lowest BCUT2D eigenvalue weighted by Gasteiger charge is -2.11. The number of methoxy groups -OCH3 is 1. The molecule has 1 N–H and O–H groups in total. The van der Waals surface area contributed by atoms with E-state index in [9.17, 15) is 9.18 Å². The summed E-state index contributed by atoms with van der Waals surface area (Å²) in [5, 5.41) is 3.68. The molecule has 0 aliphatic carbocycles. The number of nitrogens with one attached hydrogen (secondary N) is 1. The number of rotatable bonds is 8. The number of aromatic nitrogens is 3. The summed E-state index contributed by atoms with van der Waals surface area (Å²) in [7, 11) is 1.61. The van der Waals surface area contributed by atoms with Gasteiger partial charge in [-0.2, -0.15) is 0 Å². The van der Waals surface area contributed by atoms with Gasteiger partial charge in [0.05, 0.1) is 18.5 Å². The van der Waals surface area contributed by atoms with E-state index in [4.69, 9.17) is 9.72 Å². The van der Waals surface area contributed by atoms with Crippen LogP contribution >= 0.6 is 11.8 Å². The van der Waals surface area contributed by atoms with Gasteiger partial charge in [0.2, 0.25) is 5.91 Å². The minimum Gasteiger partial charge on any atom is -0.497 e. The lowest BCUT2D eigenvalue weighted by atomic mass is 10.1. The highest BCUT2D eigenvalue weighted by molar-refractivity contribution is 7.98. The van der Waals surface area contributed by atoms with Gasteiger partial charge in [0, 0.05) is 29.9 Å². The summed E-state index contributed by atoms with van der Waals surface area (Å²) < 4.78 is 20.8. The van der Waals surface area contributed by atoms with E-state index in [-0.39, 0.29) is 11.7 Å². The molecule has 0 spiro atoms. The highest BCUT2D eigenvalue weighted by Crippen LogP contribution is 2.36. The molecule has 4 aromatic rings. The maximum absolute atomic E-state index is 13.5. The van der Waals surface area contributed by atoms with Crippen LogP contribution in [-0.2, 0) is 11.3 Å². The van der Waals surface area contributed by atoms with E-state index in [1.165, 1.54) is 18.2 Å². The number of imidazole rings is 1. The van der Waals surface area contributed by atoms with Crippen LogP contribution in [0.1, 0.15) is 12.5 Å². The SMILES string of the molecule is CCn1c(SC)nc(-c2ccc(F)cc2)c1-c1ccnc(NC(=O)/C=C/c2ccc(OC)cc2)c1. The fourth-order valence-electron chi connectivity index (χ4n) is 3.68. The number of hydrogen-bond acceptors (Lipinski definition) is 5. The number of thioether (sulfide) groups is 1. The summed E-state index contributed by atoms with van der Waals surface area (Å²) in [6, 6.07) is 17.4. The monoisotopic (exact) mass is 488 g/mol. The van der Waals surface area contributed by atoms with Crippen molar-refractivity contribution in [1.29, 1.82) is 0 Å².